The fraction of sp³-hybridized carbons (Fsp3) is 0.323. The summed E-state index contributed by atoms with van der Waals surface area (Å²) in [5.41, 5.74) is 2.15. The van der Waals surface area contributed by atoms with Crippen LogP contribution in [0.5, 0.6) is 11.5 Å². The molecule has 42 heavy (non-hydrogen) atoms. The first-order valence-electron chi connectivity index (χ1n) is 13.6. The number of hydrazone groups is 1. The average molecular weight is 589 g/mol. The number of methoxy groups -OCH3 is 1. The standard InChI is InChI=1S/C31H32N4O6S/c1-7-40-30(38)26-19(5)32-31-34(27(26)20-13-14-23(41-17(2)3)24(15-20)39-6)29(37)25(42-31)16-22-18(4)33-35(28(22)36)21-11-9-8-10-12-21/h8-17,22,27H,7H2,1-6H3/b25-16-/t22-,27+/m0/s1. The maximum atomic E-state index is 14.0. The topological polar surface area (TPSA) is 112 Å². The Labute approximate surface area is 246 Å². The molecule has 10 nitrogen and oxygen atoms in total. The fourth-order valence-electron chi connectivity index (χ4n) is 5.00. The van der Waals surface area contributed by atoms with Crippen molar-refractivity contribution in [3.05, 3.63) is 85.1 Å². The molecule has 0 radical (unpaired) electrons. The van der Waals surface area contributed by atoms with Crippen molar-refractivity contribution in [2.75, 3.05) is 18.7 Å². The second-order valence-corrected chi connectivity index (χ2v) is 11.1. The predicted molar refractivity (Wildman–Crippen MR) is 161 cm³/mol. The van der Waals surface area contributed by atoms with Gasteiger partial charge in [0.1, 0.15) is 5.92 Å². The number of anilines is 1. The molecule has 0 aliphatic carbocycles. The number of rotatable bonds is 8. The minimum Gasteiger partial charge on any atom is -0.493 e. The van der Waals surface area contributed by atoms with Gasteiger partial charge in [0.05, 0.1) is 53.1 Å². The van der Waals surface area contributed by atoms with Crippen LogP contribution in [0.25, 0.3) is 6.08 Å². The lowest BCUT2D eigenvalue weighted by molar-refractivity contribution is -0.139. The van der Waals surface area contributed by atoms with Crippen molar-refractivity contribution in [1.29, 1.82) is 0 Å². The van der Waals surface area contributed by atoms with Gasteiger partial charge in [0.15, 0.2) is 16.3 Å². The number of esters is 1. The van der Waals surface area contributed by atoms with E-state index < -0.39 is 17.9 Å². The van der Waals surface area contributed by atoms with Crippen LogP contribution in [0.15, 0.2) is 74.7 Å². The number of benzene rings is 2. The molecule has 1 amide bonds. The minimum atomic E-state index is -0.834. The molecule has 3 aromatic rings. The summed E-state index contributed by atoms with van der Waals surface area (Å²) in [6.45, 7) is 9.20. The minimum absolute atomic E-state index is 0.0808. The Bertz CT molecular complexity index is 1790. The lowest BCUT2D eigenvalue weighted by Gasteiger charge is -2.25. The zero-order valence-corrected chi connectivity index (χ0v) is 25.1. The van der Waals surface area contributed by atoms with Gasteiger partial charge in [-0.1, -0.05) is 35.6 Å². The molecule has 0 spiro atoms. The largest absolute Gasteiger partial charge is 0.493 e. The number of carbonyl (C=O) groups excluding carboxylic acids is 2. The van der Waals surface area contributed by atoms with Crippen LogP contribution >= 0.6 is 11.3 Å². The first-order valence-corrected chi connectivity index (χ1v) is 14.4. The van der Waals surface area contributed by atoms with E-state index in [2.05, 4.69) is 10.1 Å². The third kappa shape index (κ3) is 5.27. The van der Waals surface area contributed by atoms with Gasteiger partial charge in [-0.3, -0.25) is 14.2 Å². The van der Waals surface area contributed by atoms with E-state index in [1.807, 2.05) is 32.0 Å². The smallest absolute Gasteiger partial charge is 0.338 e. The van der Waals surface area contributed by atoms with Crippen LogP contribution in [-0.2, 0) is 14.3 Å². The Morgan fingerprint density at radius 1 is 1.10 bits per heavy atom. The van der Waals surface area contributed by atoms with Crippen LogP contribution in [0, 0.1) is 5.92 Å². The van der Waals surface area contributed by atoms with E-state index in [9.17, 15) is 14.4 Å². The van der Waals surface area contributed by atoms with Gasteiger partial charge in [0.2, 0.25) is 0 Å². The molecule has 0 saturated carbocycles. The summed E-state index contributed by atoms with van der Waals surface area (Å²) < 4.78 is 18.7. The van der Waals surface area contributed by atoms with Crippen LogP contribution in [-0.4, -0.2) is 42.0 Å². The van der Waals surface area contributed by atoms with E-state index in [1.165, 1.54) is 16.7 Å². The summed E-state index contributed by atoms with van der Waals surface area (Å²) >= 11 is 1.16. The molecule has 0 N–H and O–H groups in total. The number of para-hydroxylation sites is 1. The lowest BCUT2D eigenvalue weighted by atomic mass is 9.95. The highest BCUT2D eigenvalue weighted by molar-refractivity contribution is 7.07. The molecule has 5 rings (SSSR count). The summed E-state index contributed by atoms with van der Waals surface area (Å²) in [7, 11) is 1.53. The molecule has 0 bridgehead atoms. The van der Waals surface area contributed by atoms with Crippen molar-refractivity contribution >= 4 is 40.7 Å². The normalized spacial score (nSPS) is 18.6. The van der Waals surface area contributed by atoms with Crippen molar-refractivity contribution in [1.82, 2.24) is 4.57 Å². The molecule has 1 aromatic heterocycles. The molecule has 0 fully saturated rings. The van der Waals surface area contributed by atoms with Crippen LogP contribution in [0.4, 0.5) is 5.69 Å². The molecule has 0 unspecified atom stereocenters. The number of carbonyl (C=O) groups is 2. The lowest BCUT2D eigenvalue weighted by Crippen LogP contribution is -2.40. The Balaban J connectivity index is 1.64. The molecule has 218 valence electrons. The molecule has 2 aliphatic rings. The fourth-order valence-corrected chi connectivity index (χ4v) is 6.06. The summed E-state index contributed by atoms with van der Waals surface area (Å²) in [4.78, 5) is 45.7. The first kappa shape index (κ1) is 29.0. The van der Waals surface area contributed by atoms with Crippen molar-refractivity contribution in [2.24, 2.45) is 16.0 Å². The summed E-state index contributed by atoms with van der Waals surface area (Å²) in [5, 5.41) is 5.81. The zero-order chi connectivity index (χ0) is 30.1. The van der Waals surface area contributed by atoms with Gasteiger partial charge in [-0.05, 0) is 70.5 Å². The van der Waals surface area contributed by atoms with Gasteiger partial charge in [-0.25, -0.2) is 9.79 Å². The van der Waals surface area contributed by atoms with Gasteiger partial charge in [-0.2, -0.15) is 10.1 Å². The van der Waals surface area contributed by atoms with Gasteiger partial charge in [0, 0.05) is 0 Å². The van der Waals surface area contributed by atoms with E-state index in [0.29, 0.717) is 43.5 Å². The number of hydrogen-bond donors (Lipinski definition) is 0. The number of allylic oxidation sites excluding steroid dienone is 1. The van der Waals surface area contributed by atoms with Crippen molar-refractivity contribution < 1.29 is 23.8 Å². The van der Waals surface area contributed by atoms with E-state index in [1.54, 1.807) is 57.2 Å². The monoisotopic (exact) mass is 588 g/mol. The average Bonchev–Trinajstić information content (AvgIpc) is 3.42. The number of fused-ring (bicyclic) bond motifs is 1. The van der Waals surface area contributed by atoms with Crippen molar-refractivity contribution in [3.63, 3.8) is 0 Å². The van der Waals surface area contributed by atoms with Crippen LogP contribution < -0.4 is 29.4 Å². The third-order valence-electron chi connectivity index (χ3n) is 6.88. The number of nitrogens with zero attached hydrogens (tertiary/aromatic N) is 4. The molecule has 11 heteroatoms. The second kappa shape index (κ2) is 11.8. The van der Waals surface area contributed by atoms with Gasteiger partial charge in [0.25, 0.3) is 11.5 Å². The number of thiazole rings is 1. The summed E-state index contributed by atoms with van der Waals surface area (Å²) in [5.74, 6) is -0.532. The number of aromatic nitrogens is 1. The van der Waals surface area contributed by atoms with Gasteiger partial charge >= 0.3 is 5.97 Å². The van der Waals surface area contributed by atoms with E-state index in [0.717, 1.165) is 11.3 Å². The molecular weight excluding hydrogens is 556 g/mol. The molecule has 3 heterocycles. The molecular formula is C31H32N4O6S. The van der Waals surface area contributed by atoms with Gasteiger partial charge < -0.3 is 14.2 Å². The Kier molecular flexibility index (Phi) is 8.13. The summed E-state index contributed by atoms with van der Waals surface area (Å²) in [6, 6.07) is 13.6. The predicted octanol–water partition coefficient (Wildman–Crippen LogP) is 3.58. The number of ether oxygens (including phenoxy) is 3. The van der Waals surface area contributed by atoms with Gasteiger partial charge in [-0.15, -0.1) is 0 Å². The maximum absolute atomic E-state index is 14.0. The van der Waals surface area contributed by atoms with Crippen LogP contribution in [0.3, 0.4) is 0 Å². The van der Waals surface area contributed by atoms with Crippen molar-refractivity contribution in [2.45, 2.75) is 46.8 Å². The van der Waals surface area contributed by atoms with Crippen LogP contribution in [0.1, 0.15) is 46.2 Å². The van der Waals surface area contributed by atoms with E-state index in [4.69, 9.17) is 14.2 Å². The van der Waals surface area contributed by atoms with Crippen LogP contribution in [0.2, 0.25) is 0 Å². The summed E-state index contributed by atoms with van der Waals surface area (Å²) in [6.07, 6.45) is 1.55. The highest BCUT2D eigenvalue weighted by Gasteiger charge is 2.36. The highest BCUT2D eigenvalue weighted by atomic mass is 32.1. The van der Waals surface area contributed by atoms with E-state index in [-0.39, 0.29) is 29.8 Å². The maximum Gasteiger partial charge on any atom is 0.338 e. The Hall–Kier alpha value is -4.51. The molecule has 0 saturated heterocycles. The Morgan fingerprint density at radius 2 is 1.83 bits per heavy atom. The molecule has 2 aromatic carbocycles. The highest BCUT2D eigenvalue weighted by Crippen LogP contribution is 2.36. The number of hydrogen-bond acceptors (Lipinski definition) is 9. The Morgan fingerprint density at radius 3 is 2.50 bits per heavy atom. The molecule has 2 aliphatic heterocycles. The zero-order valence-electron chi connectivity index (χ0n) is 24.3. The third-order valence-corrected chi connectivity index (χ3v) is 7.89. The SMILES string of the molecule is CCOC(=O)C1=C(C)N=c2s/c(=C\[C@@H]3C(=O)N(c4ccccc4)N=C3C)c(=O)n2[C@@H]1c1ccc(OC(C)C)c(OC)c1. The number of amides is 1. The second-order valence-electron chi connectivity index (χ2n) is 10.1. The van der Waals surface area contributed by atoms with Crippen molar-refractivity contribution in [3.8, 4) is 11.5 Å². The molecule has 2 atom stereocenters. The van der Waals surface area contributed by atoms with E-state index >= 15 is 0 Å². The quantitative estimate of drug-likeness (QED) is 0.372. The first-order chi connectivity index (χ1) is 20.1.